The number of rotatable bonds is 8. The van der Waals surface area contributed by atoms with Crippen molar-refractivity contribution in [1.82, 2.24) is 9.62 Å². The van der Waals surface area contributed by atoms with Gasteiger partial charge in [-0.3, -0.25) is 4.79 Å². The topological polar surface area (TPSA) is 66.5 Å². The smallest absolute Gasteiger partial charge is 0.243 e. The third kappa shape index (κ3) is 6.19. The predicted octanol–water partition coefficient (Wildman–Crippen LogP) is 5.99. The number of nitrogens with one attached hydrogen (secondary N) is 1. The third-order valence-corrected chi connectivity index (χ3v) is 8.23. The fourth-order valence-corrected chi connectivity index (χ4v) is 5.47. The number of carbonyl (C=O) groups is 1. The molecule has 0 saturated carbocycles. The van der Waals surface area contributed by atoms with Gasteiger partial charge in [0, 0.05) is 16.6 Å². The van der Waals surface area contributed by atoms with Crippen molar-refractivity contribution in [2.45, 2.75) is 45.2 Å². The van der Waals surface area contributed by atoms with Crippen LogP contribution >= 0.6 is 23.2 Å². The van der Waals surface area contributed by atoms with Crippen molar-refractivity contribution in [3.8, 4) is 0 Å². The molecule has 8 heteroatoms. The highest BCUT2D eigenvalue weighted by molar-refractivity contribution is 7.89. The maximum atomic E-state index is 13.4. The summed E-state index contributed by atoms with van der Waals surface area (Å²) in [7, 11) is -3.99. The summed E-state index contributed by atoms with van der Waals surface area (Å²) in [6.07, 6.45) is 0. The zero-order valence-electron chi connectivity index (χ0n) is 19.6. The van der Waals surface area contributed by atoms with Gasteiger partial charge in [-0.15, -0.1) is 0 Å². The summed E-state index contributed by atoms with van der Waals surface area (Å²) in [4.78, 5) is 13.1. The Bertz CT molecular complexity index is 1290. The van der Waals surface area contributed by atoms with Gasteiger partial charge in [-0.1, -0.05) is 53.5 Å². The lowest BCUT2D eigenvalue weighted by molar-refractivity contribution is -0.122. The molecule has 0 spiro atoms. The van der Waals surface area contributed by atoms with Gasteiger partial charge in [0.2, 0.25) is 15.9 Å². The number of benzene rings is 3. The van der Waals surface area contributed by atoms with Crippen LogP contribution in [0.4, 0.5) is 0 Å². The van der Waals surface area contributed by atoms with Gasteiger partial charge in [0.1, 0.15) is 0 Å². The van der Waals surface area contributed by atoms with Gasteiger partial charge in [0.25, 0.3) is 0 Å². The standard InChI is InChI=1S/C26H28Cl2N2O3S/c1-17-13-19(3)24(14-18(17)2)20(4)29-26(31)16-30(15-21-7-5-6-8-25(21)28)34(32,33)23-11-9-22(27)10-12-23/h5-14,20H,15-16H2,1-4H3,(H,29,31). The second-order valence-corrected chi connectivity index (χ2v) is 11.2. The van der Waals surface area contributed by atoms with Gasteiger partial charge in [0.15, 0.2) is 0 Å². The highest BCUT2D eigenvalue weighted by Gasteiger charge is 2.28. The number of sulfonamides is 1. The molecule has 0 saturated heterocycles. The molecule has 1 N–H and O–H groups in total. The largest absolute Gasteiger partial charge is 0.348 e. The lowest BCUT2D eigenvalue weighted by Gasteiger charge is -2.24. The minimum Gasteiger partial charge on any atom is -0.348 e. The van der Waals surface area contributed by atoms with E-state index < -0.39 is 15.9 Å². The van der Waals surface area contributed by atoms with Crippen molar-refractivity contribution >= 4 is 39.1 Å². The molecule has 3 aromatic rings. The Hall–Kier alpha value is -2.38. The second kappa shape index (κ2) is 10.9. The molecule has 0 aliphatic heterocycles. The van der Waals surface area contributed by atoms with E-state index in [0.29, 0.717) is 15.6 Å². The average molecular weight is 519 g/mol. The van der Waals surface area contributed by atoms with E-state index in [4.69, 9.17) is 23.2 Å². The molecule has 0 aliphatic carbocycles. The normalized spacial score (nSPS) is 12.6. The van der Waals surface area contributed by atoms with Crippen LogP contribution in [0.1, 0.15) is 40.8 Å². The van der Waals surface area contributed by atoms with E-state index >= 15 is 0 Å². The van der Waals surface area contributed by atoms with Crippen LogP contribution in [-0.4, -0.2) is 25.2 Å². The molecular weight excluding hydrogens is 491 g/mol. The quantitative estimate of drug-likeness (QED) is 0.398. The van der Waals surface area contributed by atoms with Crippen molar-refractivity contribution in [2.24, 2.45) is 0 Å². The van der Waals surface area contributed by atoms with Gasteiger partial charge in [0.05, 0.1) is 17.5 Å². The Morgan fingerprint density at radius 2 is 1.56 bits per heavy atom. The number of carbonyl (C=O) groups excluding carboxylic acids is 1. The number of hydrogen-bond donors (Lipinski definition) is 1. The number of hydrogen-bond acceptors (Lipinski definition) is 3. The lowest BCUT2D eigenvalue weighted by Crippen LogP contribution is -2.41. The van der Waals surface area contributed by atoms with Crippen molar-refractivity contribution in [3.05, 3.63) is 98.5 Å². The van der Waals surface area contributed by atoms with Crippen molar-refractivity contribution in [1.29, 1.82) is 0 Å². The van der Waals surface area contributed by atoms with E-state index in [-0.39, 0.29) is 24.0 Å². The van der Waals surface area contributed by atoms with E-state index in [1.165, 1.54) is 29.8 Å². The summed E-state index contributed by atoms with van der Waals surface area (Å²) in [5.41, 5.74) is 4.98. The summed E-state index contributed by atoms with van der Waals surface area (Å²) in [5.74, 6) is -0.408. The molecule has 0 fully saturated rings. The minimum atomic E-state index is -3.99. The Morgan fingerprint density at radius 3 is 2.21 bits per heavy atom. The van der Waals surface area contributed by atoms with Gasteiger partial charge < -0.3 is 5.32 Å². The Kier molecular flexibility index (Phi) is 8.42. The summed E-state index contributed by atoms with van der Waals surface area (Å²) < 4.78 is 28.0. The van der Waals surface area contributed by atoms with Gasteiger partial charge in [-0.05, 0) is 85.8 Å². The second-order valence-electron chi connectivity index (χ2n) is 8.40. The molecule has 180 valence electrons. The Balaban J connectivity index is 1.87. The van der Waals surface area contributed by atoms with Crippen LogP contribution in [0.25, 0.3) is 0 Å². The summed E-state index contributed by atoms with van der Waals surface area (Å²) in [5, 5.41) is 3.80. The number of nitrogens with zero attached hydrogens (tertiary/aromatic N) is 1. The molecular formula is C26H28Cl2N2O3S. The number of amides is 1. The van der Waals surface area contributed by atoms with Crippen LogP contribution in [0.5, 0.6) is 0 Å². The molecule has 1 atom stereocenters. The number of aryl methyl sites for hydroxylation is 3. The summed E-state index contributed by atoms with van der Waals surface area (Å²) in [6, 6.07) is 16.7. The van der Waals surface area contributed by atoms with Crippen molar-refractivity contribution in [2.75, 3.05) is 6.54 Å². The first kappa shape index (κ1) is 26.2. The lowest BCUT2D eigenvalue weighted by atomic mass is 9.96. The van der Waals surface area contributed by atoms with E-state index in [1.54, 1.807) is 24.3 Å². The fraction of sp³-hybridized carbons (Fsp3) is 0.269. The van der Waals surface area contributed by atoms with Crippen LogP contribution in [0.3, 0.4) is 0 Å². The average Bonchev–Trinajstić information content (AvgIpc) is 2.77. The molecule has 0 heterocycles. The van der Waals surface area contributed by atoms with E-state index in [1.807, 2.05) is 27.7 Å². The first-order valence-electron chi connectivity index (χ1n) is 10.8. The zero-order valence-corrected chi connectivity index (χ0v) is 21.9. The van der Waals surface area contributed by atoms with Crippen LogP contribution in [0.15, 0.2) is 65.6 Å². The minimum absolute atomic E-state index is 0.0465. The molecule has 1 amide bonds. The molecule has 0 aliphatic rings. The van der Waals surface area contributed by atoms with Gasteiger partial charge >= 0.3 is 0 Å². The molecule has 3 aromatic carbocycles. The third-order valence-electron chi connectivity index (χ3n) is 5.80. The highest BCUT2D eigenvalue weighted by atomic mass is 35.5. The van der Waals surface area contributed by atoms with Gasteiger partial charge in [-0.2, -0.15) is 4.31 Å². The fourth-order valence-electron chi connectivity index (χ4n) is 3.77. The molecule has 1 unspecified atom stereocenters. The predicted molar refractivity (Wildman–Crippen MR) is 138 cm³/mol. The van der Waals surface area contributed by atoms with Crippen molar-refractivity contribution < 1.29 is 13.2 Å². The Labute approximate surface area is 211 Å². The Morgan fingerprint density at radius 1 is 0.941 bits per heavy atom. The monoisotopic (exact) mass is 518 g/mol. The summed E-state index contributed by atoms with van der Waals surface area (Å²) >= 11 is 12.2. The van der Waals surface area contributed by atoms with Gasteiger partial charge in [-0.25, -0.2) is 8.42 Å². The van der Waals surface area contributed by atoms with E-state index in [9.17, 15) is 13.2 Å². The first-order chi connectivity index (χ1) is 16.0. The van der Waals surface area contributed by atoms with Crippen LogP contribution in [0, 0.1) is 20.8 Å². The molecule has 0 aromatic heterocycles. The van der Waals surface area contributed by atoms with E-state index in [0.717, 1.165) is 21.0 Å². The van der Waals surface area contributed by atoms with E-state index in [2.05, 4.69) is 17.4 Å². The molecule has 5 nitrogen and oxygen atoms in total. The zero-order chi connectivity index (χ0) is 25.0. The first-order valence-corrected chi connectivity index (χ1v) is 13.0. The summed E-state index contributed by atoms with van der Waals surface area (Å²) in [6.45, 7) is 7.56. The van der Waals surface area contributed by atoms with Crippen molar-refractivity contribution in [3.63, 3.8) is 0 Å². The molecule has 3 rings (SSSR count). The maximum Gasteiger partial charge on any atom is 0.243 e. The number of halogens is 2. The SMILES string of the molecule is Cc1cc(C)c(C(C)NC(=O)CN(Cc2ccccc2Cl)S(=O)(=O)c2ccc(Cl)cc2)cc1C. The molecule has 34 heavy (non-hydrogen) atoms. The molecule has 0 radical (unpaired) electrons. The van der Waals surface area contributed by atoms with Crippen LogP contribution < -0.4 is 5.32 Å². The van der Waals surface area contributed by atoms with Crippen LogP contribution in [0.2, 0.25) is 10.0 Å². The maximum absolute atomic E-state index is 13.4. The highest BCUT2D eigenvalue weighted by Crippen LogP contribution is 2.25. The molecule has 0 bridgehead atoms. The van der Waals surface area contributed by atoms with Crippen LogP contribution in [-0.2, 0) is 21.4 Å².